The minimum Gasteiger partial charge on any atom is -0.339 e. The van der Waals surface area contributed by atoms with Crippen molar-refractivity contribution in [3.63, 3.8) is 0 Å². The summed E-state index contributed by atoms with van der Waals surface area (Å²) in [6.07, 6.45) is 1.87. The van der Waals surface area contributed by atoms with E-state index in [2.05, 4.69) is 39.9 Å². The number of hydrogen-bond acceptors (Lipinski definition) is 6. The molecule has 0 saturated carbocycles. The first-order valence-electron chi connectivity index (χ1n) is 7.41. The highest BCUT2D eigenvalue weighted by Crippen LogP contribution is 2.40. The molecule has 24 heavy (non-hydrogen) atoms. The van der Waals surface area contributed by atoms with Crippen molar-refractivity contribution in [2.24, 2.45) is 5.92 Å². The number of tetrazole rings is 1. The molecular formula is C15H17ClN6OS. The van der Waals surface area contributed by atoms with Crippen molar-refractivity contribution in [1.82, 2.24) is 30.8 Å². The van der Waals surface area contributed by atoms with E-state index in [0.29, 0.717) is 16.8 Å². The lowest BCUT2D eigenvalue weighted by molar-refractivity contribution is -0.121. The quantitative estimate of drug-likeness (QED) is 0.867. The summed E-state index contributed by atoms with van der Waals surface area (Å²) in [6, 6.07) is 7.17. The van der Waals surface area contributed by atoms with Crippen molar-refractivity contribution < 1.29 is 4.79 Å². The maximum atomic E-state index is 11.7. The molecule has 0 fully saturated rings. The molecule has 9 heteroatoms. The Hall–Kier alpha value is -2.06. The zero-order valence-electron chi connectivity index (χ0n) is 13.4. The van der Waals surface area contributed by atoms with Gasteiger partial charge in [-0.3, -0.25) is 4.79 Å². The van der Waals surface area contributed by atoms with E-state index in [-0.39, 0.29) is 5.91 Å². The maximum absolute atomic E-state index is 11.7. The Morgan fingerprint density at radius 3 is 2.67 bits per heavy atom. The Kier molecular flexibility index (Phi) is 4.51. The summed E-state index contributed by atoms with van der Waals surface area (Å²) in [5, 5.41) is 18.3. The second-order valence-corrected chi connectivity index (χ2v) is 7.39. The minimum absolute atomic E-state index is 0.196. The molecule has 0 bridgehead atoms. The van der Waals surface area contributed by atoms with E-state index in [1.54, 1.807) is 12.1 Å². The predicted octanol–water partition coefficient (Wildman–Crippen LogP) is 2.53. The van der Waals surface area contributed by atoms with Gasteiger partial charge in [-0.25, -0.2) is 0 Å². The number of aromatic nitrogens is 4. The second-order valence-electron chi connectivity index (χ2n) is 5.68. The van der Waals surface area contributed by atoms with Gasteiger partial charge in [-0.15, -0.1) is 15.0 Å². The van der Waals surface area contributed by atoms with Gasteiger partial charge in [0.25, 0.3) is 5.12 Å². The van der Waals surface area contributed by atoms with Gasteiger partial charge in [-0.2, -0.15) is 0 Å². The van der Waals surface area contributed by atoms with Gasteiger partial charge in [-0.1, -0.05) is 37.2 Å². The van der Waals surface area contributed by atoms with Gasteiger partial charge in [0.1, 0.15) is 0 Å². The summed E-state index contributed by atoms with van der Waals surface area (Å²) in [7, 11) is 0. The van der Waals surface area contributed by atoms with E-state index < -0.39 is 5.12 Å². The average Bonchev–Trinajstić information content (AvgIpc) is 3.15. The number of benzene rings is 1. The third-order valence-electron chi connectivity index (χ3n) is 3.39. The van der Waals surface area contributed by atoms with Crippen molar-refractivity contribution in [2.75, 3.05) is 0 Å². The number of halogens is 1. The number of amides is 1. The van der Waals surface area contributed by atoms with Gasteiger partial charge in [0.15, 0.2) is 0 Å². The monoisotopic (exact) mass is 364 g/mol. The molecule has 126 valence electrons. The summed E-state index contributed by atoms with van der Waals surface area (Å²) < 4.78 is 0. The Bertz CT molecular complexity index is 788. The number of allylic oxidation sites excluding steroid dienone is 1. The van der Waals surface area contributed by atoms with Crippen LogP contribution in [-0.4, -0.2) is 26.1 Å². The van der Waals surface area contributed by atoms with Crippen molar-refractivity contribution >= 4 is 29.3 Å². The zero-order valence-corrected chi connectivity index (χ0v) is 15.0. The molecule has 0 spiro atoms. The lowest BCUT2D eigenvalue weighted by Gasteiger charge is -2.28. The largest absolute Gasteiger partial charge is 0.339 e. The molecule has 1 amide bonds. The number of carbonyl (C=O) groups is 1. The van der Waals surface area contributed by atoms with Gasteiger partial charge in [0.2, 0.25) is 11.7 Å². The molecule has 2 aromatic rings. The molecule has 1 aromatic carbocycles. The SMILES string of the molecule is CC(=O)NC1(n2nnc(-c3ccc(Cl)cc3)n2)NC=C(C(C)C)S1. The van der Waals surface area contributed by atoms with Crippen LogP contribution in [0.25, 0.3) is 11.4 Å². The van der Waals surface area contributed by atoms with Crippen LogP contribution in [0.4, 0.5) is 0 Å². The van der Waals surface area contributed by atoms with Crippen LogP contribution in [0, 0.1) is 5.92 Å². The van der Waals surface area contributed by atoms with Crippen LogP contribution in [0.5, 0.6) is 0 Å². The van der Waals surface area contributed by atoms with Crippen LogP contribution in [0.15, 0.2) is 35.4 Å². The normalized spacial score (nSPS) is 20.0. The first kappa shape index (κ1) is 16.8. The fourth-order valence-corrected chi connectivity index (χ4v) is 3.49. The summed E-state index contributed by atoms with van der Waals surface area (Å²) in [4.78, 5) is 14.2. The molecular weight excluding hydrogens is 348 g/mol. The Morgan fingerprint density at radius 2 is 2.08 bits per heavy atom. The number of carbonyl (C=O) groups excluding carboxylic acids is 1. The molecule has 2 N–H and O–H groups in total. The van der Waals surface area contributed by atoms with Crippen LogP contribution in [0.2, 0.25) is 5.02 Å². The molecule has 0 aliphatic carbocycles. The average molecular weight is 365 g/mol. The molecule has 1 atom stereocenters. The predicted molar refractivity (Wildman–Crippen MR) is 93.7 cm³/mol. The number of hydrogen-bond donors (Lipinski definition) is 2. The van der Waals surface area contributed by atoms with E-state index >= 15 is 0 Å². The molecule has 1 aliphatic rings. The van der Waals surface area contributed by atoms with Crippen LogP contribution in [0.1, 0.15) is 20.8 Å². The van der Waals surface area contributed by atoms with Crippen LogP contribution >= 0.6 is 23.4 Å². The molecule has 7 nitrogen and oxygen atoms in total. The van der Waals surface area contributed by atoms with Gasteiger partial charge in [0.05, 0.1) is 0 Å². The number of rotatable bonds is 4. The molecule has 1 aromatic heterocycles. The topological polar surface area (TPSA) is 84.7 Å². The van der Waals surface area contributed by atoms with E-state index in [1.165, 1.54) is 23.5 Å². The number of nitrogens with zero attached hydrogens (tertiary/aromatic N) is 4. The van der Waals surface area contributed by atoms with Crippen LogP contribution in [-0.2, 0) is 9.91 Å². The molecule has 1 unspecified atom stereocenters. The standard InChI is InChI=1S/C15H17ClN6OS/c1-9(2)13-8-17-15(24-13,18-10(3)23)22-20-14(19-21-22)11-4-6-12(16)7-5-11/h4-9,17H,1-3H3,(H,18,23). The third kappa shape index (κ3) is 3.25. The fourth-order valence-electron chi connectivity index (χ4n) is 2.19. The summed E-state index contributed by atoms with van der Waals surface area (Å²) in [5.41, 5.74) is 0.795. The van der Waals surface area contributed by atoms with Crippen molar-refractivity contribution in [3.05, 3.63) is 40.4 Å². The molecule has 1 aliphatic heterocycles. The van der Waals surface area contributed by atoms with Crippen LogP contribution in [0.3, 0.4) is 0 Å². The van der Waals surface area contributed by atoms with E-state index in [1.807, 2.05) is 18.3 Å². The van der Waals surface area contributed by atoms with Crippen molar-refractivity contribution in [2.45, 2.75) is 25.9 Å². The Labute approximate surface area is 148 Å². The second kappa shape index (κ2) is 6.45. The summed E-state index contributed by atoms with van der Waals surface area (Å²) >= 11 is 7.36. The number of thioether (sulfide) groups is 1. The van der Waals surface area contributed by atoms with Crippen molar-refractivity contribution in [3.8, 4) is 11.4 Å². The fraction of sp³-hybridized carbons (Fsp3) is 0.333. The van der Waals surface area contributed by atoms with Gasteiger partial charge >= 0.3 is 0 Å². The Balaban J connectivity index is 1.93. The van der Waals surface area contributed by atoms with E-state index in [9.17, 15) is 4.79 Å². The summed E-state index contributed by atoms with van der Waals surface area (Å²) in [6.45, 7) is 5.62. The number of nitrogens with one attached hydrogen (secondary N) is 2. The maximum Gasteiger partial charge on any atom is 0.283 e. The first-order valence-corrected chi connectivity index (χ1v) is 8.61. The molecule has 2 heterocycles. The highest BCUT2D eigenvalue weighted by Gasteiger charge is 2.41. The lowest BCUT2D eigenvalue weighted by atomic mass is 10.2. The van der Waals surface area contributed by atoms with E-state index in [4.69, 9.17) is 11.6 Å². The minimum atomic E-state index is -1.01. The van der Waals surface area contributed by atoms with Gasteiger partial charge < -0.3 is 10.6 Å². The molecule has 0 saturated heterocycles. The molecule has 3 rings (SSSR count). The van der Waals surface area contributed by atoms with E-state index in [0.717, 1.165) is 10.5 Å². The first-order chi connectivity index (χ1) is 11.4. The lowest BCUT2D eigenvalue weighted by Crippen LogP contribution is -2.55. The van der Waals surface area contributed by atoms with Crippen molar-refractivity contribution in [1.29, 1.82) is 0 Å². The van der Waals surface area contributed by atoms with Gasteiger partial charge in [0, 0.05) is 28.6 Å². The molecule has 0 radical (unpaired) electrons. The smallest absolute Gasteiger partial charge is 0.283 e. The highest BCUT2D eigenvalue weighted by molar-refractivity contribution is 8.03. The zero-order chi connectivity index (χ0) is 17.3. The third-order valence-corrected chi connectivity index (χ3v) is 5.14. The van der Waals surface area contributed by atoms with Gasteiger partial charge in [-0.05, 0) is 35.4 Å². The highest BCUT2D eigenvalue weighted by atomic mass is 35.5. The Morgan fingerprint density at radius 1 is 1.38 bits per heavy atom. The summed E-state index contributed by atoms with van der Waals surface area (Å²) in [5.74, 6) is 0.577. The van der Waals surface area contributed by atoms with Crippen LogP contribution < -0.4 is 10.6 Å².